The van der Waals surface area contributed by atoms with Gasteiger partial charge in [0.2, 0.25) is 5.91 Å². The highest BCUT2D eigenvalue weighted by molar-refractivity contribution is 6.36. The molecule has 1 aromatic carbocycles. The summed E-state index contributed by atoms with van der Waals surface area (Å²) in [4.78, 5) is 11.7. The minimum absolute atomic E-state index is 0. The highest BCUT2D eigenvalue weighted by Crippen LogP contribution is 2.31. The number of halogens is 3. The van der Waals surface area contributed by atoms with E-state index >= 15 is 0 Å². The van der Waals surface area contributed by atoms with E-state index in [0.717, 1.165) is 18.0 Å². The number of benzene rings is 1. The number of nitrogens with one attached hydrogen (secondary N) is 2. The third kappa shape index (κ3) is 6.03. The number of rotatable bonds is 7. The first kappa shape index (κ1) is 18.6. The number of carbonyl (C=O) groups is 1. The molecule has 1 aliphatic carbocycles. The first-order valence-corrected chi connectivity index (χ1v) is 7.75. The van der Waals surface area contributed by atoms with Crippen LogP contribution in [-0.4, -0.2) is 25.5 Å². The quantitative estimate of drug-likeness (QED) is 0.787. The summed E-state index contributed by atoms with van der Waals surface area (Å²) in [5, 5.41) is 7.37. The normalized spacial score (nSPS) is 15.2. The lowest BCUT2D eigenvalue weighted by Gasteiger charge is -2.16. The Labute approximate surface area is 142 Å². The van der Waals surface area contributed by atoms with Gasteiger partial charge >= 0.3 is 0 Å². The van der Waals surface area contributed by atoms with E-state index in [1.54, 1.807) is 0 Å². The molecule has 0 aliphatic heterocycles. The van der Waals surface area contributed by atoms with Gasteiger partial charge in [-0.1, -0.05) is 36.2 Å². The van der Waals surface area contributed by atoms with E-state index in [1.807, 2.05) is 25.1 Å². The summed E-state index contributed by atoms with van der Waals surface area (Å²) < 4.78 is 0. The van der Waals surface area contributed by atoms with Gasteiger partial charge in [-0.2, -0.15) is 0 Å². The van der Waals surface area contributed by atoms with Crippen LogP contribution in [0.25, 0.3) is 0 Å². The smallest absolute Gasteiger partial charge is 0.233 e. The van der Waals surface area contributed by atoms with Crippen molar-refractivity contribution in [1.82, 2.24) is 10.6 Å². The zero-order valence-electron chi connectivity index (χ0n) is 12.0. The molecule has 118 valence electrons. The Kier molecular flexibility index (Phi) is 7.82. The molecule has 1 aliphatic rings. The molecule has 6 heteroatoms. The SMILES string of the molecule is CC(CNC(=O)CNCC1CC1)c1c(Cl)cccc1Cl.Cl. The Bertz CT molecular complexity index is 458. The lowest BCUT2D eigenvalue weighted by molar-refractivity contribution is -0.120. The summed E-state index contributed by atoms with van der Waals surface area (Å²) in [6.45, 7) is 3.86. The van der Waals surface area contributed by atoms with E-state index in [4.69, 9.17) is 23.2 Å². The second-order valence-corrected chi connectivity index (χ2v) is 6.23. The van der Waals surface area contributed by atoms with E-state index < -0.39 is 0 Å². The molecule has 1 unspecified atom stereocenters. The molecule has 0 radical (unpaired) electrons. The van der Waals surface area contributed by atoms with Gasteiger partial charge in [0.25, 0.3) is 0 Å². The predicted octanol–water partition coefficient (Wildman–Crippen LogP) is 3.63. The molecule has 1 aromatic rings. The fourth-order valence-electron chi connectivity index (χ4n) is 2.12. The molecule has 21 heavy (non-hydrogen) atoms. The average Bonchev–Trinajstić information content (AvgIpc) is 3.20. The maximum Gasteiger partial charge on any atom is 0.233 e. The van der Waals surface area contributed by atoms with E-state index in [9.17, 15) is 4.79 Å². The van der Waals surface area contributed by atoms with Crippen molar-refractivity contribution in [3.63, 3.8) is 0 Å². The average molecular weight is 352 g/mol. The van der Waals surface area contributed by atoms with E-state index in [-0.39, 0.29) is 24.2 Å². The molecule has 3 nitrogen and oxygen atoms in total. The van der Waals surface area contributed by atoms with Crippen molar-refractivity contribution >= 4 is 41.5 Å². The maximum atomic E-state index is 11.7. The minimum Gasteiger partial charge on any atom is -0.354 e. The highest BCUT2D eigenvalue weighted by atomic mass is 35.5. The Morgan fingerprint density at radius 1 is 1.33 bits per heavy atom. The summed E-state index contributed by atoms with van der Waals surface area (Å²) in [6, 6.07) is 5.46. The molecular weight excluding hydrogens is 331 g/mol. The molecule has 1 saturated carbocycles. The lowest BCUT2D eigenvalue weighted by Crippen LogP contribution is -2.36. The fraction of sp³-hybridized carbons (Fsp3) is 0.533. The Hall–Kier alpha value is -0.480. The van der Waals surface area contributed by atoms with Crippen LogP contribution in [0.15, 0.2) is 18.2 Å². The van der Waals surface area contributed by atoms with Gasteiger partial charge in [-0.15, -0.1) is 12.4 Å². The molecule has 0 bridgehead atoms. The molecular formula is C15H21Cl3N2O. The van der Waals surface area contributed by atoms with E-state index in [0.29, 0.717) is 23.1 Å². The summed E-state index contributed by atoms with van der Waals surface area (Å²) in [5.74, 6) is 0.882. The maximum absolute atomic E-state index is 11.7. The van der Waals surface area contributed by atoms with Crippen LogP contribution < -0.4 is 10.6 Å². The summed E-state index contributed by atoms with van der Waals surface area (Å²) in [6.07, 6.45) is 2.58. The van der Waals surface area contributed by atoms with Crippen LogP contribution in [0.3, 0.4) is 0 Å². The molecule has 2 N–H and O–H groups in total. The molecule has 0 spiro atoms. The monoisotopic (exact) mass is 350 g/mol. The third-order valence-corrected chi connectivity index (χ3v) is 4.17. The number of amides is 1. The van der Waals surface area contributed by atoms with E-state index in [1.165, 1.54) is 12.8 Å². The van der Waals surface area contributed by atoms with Gasteiger partial charge in [-0.05, 0) is 43.0 Å². The Balaban J connectivity index is 0.00000220. The molecule has 0 saturated heterocycles. The van der Waals surface area contributed by atoms with Crippen molar-refractivity contribution in [2.45, 2.75) is 25.7 Å². The number of hydrogen-bond acceptors (Lipinski definition) is 2. The standard InChI is InChI=1S/C15H20Cl2N2O.ClH/c1-10(15-12(16)3-2-4-13(15)17)7-19-14(20)9-18-8-11-5-6-11;/h2-4,10-11,18H,5-9H2,1H3,(H,19,20);1H. The van der Waals surface area contributed by atoms with Crippen molar-refractivity contribution in [1.29, 1.82) is 0 Å². The molecule has 1 amide bonds. The van der Waals surface area contributed by atoms with Crippen LogP contribution in [0, 0.1) is 5.92 Å². The minimum atomic E-state index is 0. The Morgan fingerprint density at radius 2 is 1.95 bits per heavy atom. The summed E-state index contributed by atoms with van der Waals surface area (Å²) >= 11 is 12.3. The third-order valence-electron chi connectivity index (χ3n) is 3.51. The van der Waals surface area contributed by atoms with Crippen LogP contribution in [0.4, 0.5) is 0 Å². The second kappa shape index (κ2) is 8.84. The zero-order chi connectivity index (χ0) is 14.5. The van der Waals surface area contributed by atoms with Gasteiger partial charge in [0, 0.05) is 22.5 Å². The van der Waals surface area contributed by atoms with Gasteiger partial charge in [-0.25, -0.2) is 0 Å². The van der Waals surface area contributed by atoms with Crippen molar-refractivity contribution in [2.75, 3.05) is 19.6 Å². The molecule has 1 fully saturated rings. The fourth-order valence-corrected chi connectivity index (χ4v) is 2.89. The molecule has 0 heterocycles. The van der Waals surface area contributed by atoms with Crippen LogP contribution in [-0.2, 0) is 4.79 Å². The van der Waals surface area contributed by atoms with Crippen molar-refractivity contribution in [2.24, 2.45) is 5.92 Å². The molecule has 0 aromatic heterocycles. The van der Waals surface area contributed by atoms with Crippen LogP contribution in [0.2, 0.25) is 10.0 Å². The van der Waals surface area contributed by atoms with Gasteiger partial charge in [0.15, 0.2) is 0 Å². The van der Waals surface area contributed by atoms with Crippen molar-refractivity contribution < 1.29 is 4.79 Å². The zero-order valence-corrected chi connectivity index (χ0v) is 14.3. The Morgan fingerprint density at radius 3 is 2.52 bits per heavy atom. The van der Waals surface area contributed by atoms with Crippen LogP contribution in [0.1, 0.15) is 31.2 Å². The van der Waals surface area contributed by atoms with Crippen molar-refractivity contribution in [3.05, 3.63) is 33.8 Å². The molecule has 2 rings (SSSR count). The number of hydrogen-bond donors (Lipinski definition) is 2. The van der Waals surface area contributed by atoms with Crippen LogP contribution in [0.5, 0.6) is 0 Å². The van der Waals surface area contributed by atoms with Gasteiger partial charge in [0.05, 0.1) is 6.54 Å². The largest absolute Gasteiger partial charge is 0.354 e. The van der Waals surface area contributed by atoms with Gasteiger partial charge in [0.1, 0.15) is 0 Å². The number of carbonyl (C=O) groups excluding carboxylic acids is 1. The lowest BCUT2D eigenvalue weighted by atomic mass is 10.0. The molecule has 1 atom stereocenters. The van der Waals surface area contributed by atoms with Crippen LogP contribution >= 0.6 is 35.6 Å². The highest BCUT2D eigenvalue weighted by Gasteiger charge is 2.20. The van der Waals surface area contributed by atoms with Gasteiger partial charge < -0.3 is 10.6 Å². The van der Waals surface area contributed by atoms with Gasteiger partial charge in [-0.3, -0.25) is 4.79 Å². The van der Waals surface area contributed by atoms with Crippen molar-refractivity contribution in [3.8, 4) is 0 Å². The predicted molar refractivity (Wildman–Crippen MR) is 90.7 cm³/mol. The second-order valence-electron chi connectivity index (χ2n) is 5.41. The van der Waals surface area contributed by atoms with E-state index in [2.05, 4.69) is 10.6 Å². The topological polar surface area (TPSA) is 41.1 Å². The first-order chi connectivity index (χ1) is 9.58. The first-order valence-electron chi connectivity index (χ1n) is 6.99. The summed E-state index contributed by atoms with van der Waals surface area (Å²) in [5.41, 5.74) is 0.891. The summed E-state index contributed by atoms with van der Waals surface area (Å²) in [7, 11) is 0.